The SMILES string of the molecule is O=C(CSc1ccncc1)NCC1CCC(c2nc3ccccc3[nH]2)CC1. The smallest absolute Gasteiger partial charge is 0.230 e. The summed E-state index contributed by atoms with van der Waals surface area (Å²) in [5.74, 6) is 2.76. The molecule has 2 N–H and O–H groups in total. The topological polar surface area (TPSA) is 70.7 Å². The van der Waals surface area contributed by atoms with Crippen LogP contribution in [-0.4, -0.2) is 33.2 Å². The van der Waals surface area contributed by atoms with Crippen molar-refractivity contribution in [1.82, 2.24) is 20.3 Å². The number of rotatable bonds is 6. The van der Waals surface area contributed by atoms with E-state index >= 15 is 0 Å². The van der Waals surface area contributed by atoms with Crippen LogP contribution < -0.4 is 5.32 Å². The van der Waals surface area contributed by atoms with Gasteiger partial charge < -0.3 is 10.3 Å². The van der Waals surface area contributed by atoms with Crippen LogP contribution in [0.25, 0.3) is 11.0 Å². The number of aromatic nitrogens is 3. The Morgan fingerprint density at radius 3 is 2.67 bits per heavy atom. The van der Waals surface area contributed by atoms with Gasteiger partial charge in [0.25, 0.3) is 0 Å². The van der Waals surface area contributed by atoms with E-state index in [1.54, 1.807) is 24.2 Å². The van der Waals surface area contributed by atoms with Crippen molar-refractivity contribution in [3.8, 4) is 0 Å². The highest BCUT2D eigenvalue weighted by Crippen LogP contribution is 2.35. The van der Waals surface area contributed by atoms with E-state index in [1.807, 2.05) is 24.3 Å². The first-order chi connectivity index (χ1) is 13.3. The first-order valence-corrected chi connectivity index (χ1v) is 10.5. The number of pyridine rings is 1. The fraction of sp³-hybridized carbons (Fsp3) is 0.381. The first-order valence-electron chi connectivity index (χ1n) is 9.52. The van der Waals surface area contributed by atoms with E-state index in [0.717, 1.165) is 54.0 Å². The van der Waals surface area contributed by atoms with Crippen molar-refractivity contribution in [2.45, 2.75) is 36.5 Å². The molecule has 0 saturated heterocycles. The quantitative estimate of drug-likeness (QED) is 0.631. The van der Waals surface area contributed by atoms with Crippen molar-refractivity contribution >= 4 is 28.7 Å². The average molecular weight is 381 g/mol. The molecule has 6 heteroatoms. The zero-order valence-electron chi connectivity index (χ0n) is 15.2. The molecular formula is C21H24N4OS. The Morgan fingerprint density at radius 2 is 1.89 bits per heavy atom. The van der Waals surface area contributed by atoms with Gasteiger partial charge in [-0.1, -0.05) is 12.1 Å². The van der Waals surface area contributed by atoms with Crippen LogP contribution in [0.4, 0.5) is 0 Å². The number of amides is 1. The Labute approximate surface area is 163 Å². The van der Waals surface area contributed by atoms with Gasteiger partial charge >= 0.3 is 0 Å². The van der Waals surface area contributed by atoms with E-state index in [4.69, 9.17) is 4.98 Å². The zero-order chi connectivity index (χ0) is 18.5. The Morgan fingerprint density at radius 1 is 1.11 bits per heavy atom. The molecule has 1 saturated carbocycles. The molecule has 1 aliphatic rings. The van der Waals surface area contributed by atoms with Crippen LogP contribution in [-0.2, 0) is 4.79 Å². The summed E-state index contributed by atoms with van der Waals surface area (Å²) in [6.45, 7) is 0.780. The molecule has 4 rings (SSSR count). The molecule has 0 radical (unpaired) electrons. The summed E-state index contributed by atoms with van der Waals surface area (Å²) in [4.78, 5) is 25.4. The monoisotopic (exact) mass is 380 g/mol. The van der Waals surface area contributed by atoms with E-state index in [2.05, 4.69) is 27.4 Å². The van der Waals surface area contributed by atoms with Gasteiger partial charge in [0.2, 0.25) is 5.91 Å². The second-order valence-corrected chi connectivity index (χ2v) is 8.18. The van der Waals surface area contributed by atoms with E-state index in [9.17, 15) is 4.79 Å². The van der Waals surface area contributed by atoms with Crippen molar-refractivity contribution in [2.24, 2.45) is 5.92 Å². The van der Waals surface area contributed by atoms with Crippen molar-refractivity contribution in [2.75, 3.05) is 12.3 Å². The molecule has 0 bridgehead atoms. The molecule has 0 spiro atoms. The summed E-state index contributed by atoms with van der Waals surface area (Å²) < 4.78 is 0. The summed E-state index contributed by atoms with van der Waals surface area (Å²) in [7, 11) is 0. The van der Waals surface area contributed by atoms with Gasteiger partial charge in [-0.05, 0) is 55.9 Å². The average Bonchev–Trinajstić information content (AvgIpc) is 3.16. The maximum absolute atomic E-state index is 12.1. The fourth-order valence-electron chi connectivity index (χ4n) is 3.70. The zero-order valence-corrected chi connectivity index (χ0v) is 16.0. The van der Waals surface area contributed by atoms with Crippen molar-refractivity contribution in [3.05, 3.63) is 54.6 Å². The maximum Gasteiger partial charge on any atom is 0.230 e. The summed E-state index contributed by atoms with van der Waals surface area (Å²) in [6, 6.07) is 12.1. The number of nitrogens with zero attached hydrogens (tertiary/aromatic N) is 2. The molecule has 1 amide bonds. The van der Waals surface area contributed by atoms with E-state index < -0.39 is 0 Å². The lowest BCUT2D eigenvalue weighted by atomic mass is 9.81. The lowest BCUT2D eigenvalue weighted by Crippen LogP contribution is -2.32. The van der Waals surface area contributed by atoms with Gasteiger partial charge in [0, 0.05) is 29.8 Å². The third-order valence-electron chi connectivity index (χ3n) is 5.25. The van der Waals surface area contributed by atoms with Crippen molar-refractivity contribution in [3.63, 3.8) is 0 Å². The molecule has 1 fully saturated rings. The number of fused-ring (bicyclic) bond motifs is 1. The summed E-state index contributed by atoms with van der Waals surface area (Å²) >= 11 is 1.55. The lowest BCUT2D eigenvalue weighted by Gasteiger charge is -2.27. The van der Waals surface area contributed by atoms with Gasteiger partial charge in [0.05, 0.1) is 16.8 Å². The molecule has 2 heterocycles. The van der Waals surface area contributed by atoms with E-state index in [1.165, 1.54) is 0 Å². The third-order valence-corrected chi connectivity index (χ3v) is 6.26. The number of aromatic amines is 1. The predicted molar refractivity (Wildman–Crippen MR) is 109 cm³/mol. The number of carbonyl (C=O) groups is 1. The summed E-state index contributed by atoms with van der Waals surface area (Å²) in [6.07, 6.45) is 8.04. The van der Waals surface area contributed by atoms with Crippen LogP contribution in [0, 0.1) is 5.92 Å². The molecule has 1 aliphatic carbocycles. The number of thioether (sulfide) groups is 1. The highest BCUT2D eigenvalue weighted by Gasteiger charge is 2.24. The predicted octanol–water partition coefficient (Wildman–Crippen LogP) is 4.14. The third kappa shape index (κ3) is 4.69. The Bertz CT molecular complexity index is 854. The number of H-pyrrole nitrogens is 1. The normalized spacial score (nSPS) is 19.9. The van der Waals surface area contributed by atoms with Crippen LogP contribution in [0.5, 0.6) is 0 Å². The summed E-state index contributed by atoms with van der Waals surface area (Å²) in [5, 5.41) is 3.10. The molecule has 140 valence electrons. The van der Waals surface area contributed by atoms with Gasteiger partial charge in [-0.3, -0.25) is 9.78 Å². The minimum atomic E-state index is 0.108. The largest absolute Gasteiger partial charge is 0.355 e. The number of benzene rings is 1. The maximum atomic E-state index is 12.1. The second kappa shape index (κ2) is 8.57. The van der Waals surface area contributed by atoms with Gasteiger partial charge in [-0.2, -0.15) is 0 Å². The first kappa shape index (κ1) is 18.0. The van der Waals surface area contributed by atoms with Gasteiger partial charge in [0.1, 0.15) is 5.82 Å². The Hall–Kier alpha value is -2.34. The molecule has 1 aromatic carbocycles. The number of hydrogen-bond acceptors (Lipinski definition) is 4. The van der Waals surface area contributed by atoms with Crippen LogP contribution in [0.1, 0.15) is 37.4 Å². The van der Waals surface area contributed by atoms with E-state index in [0.29, 0.717) is 17.6 Å². The number of hydrogen-bond donors (Lipinski definition) is 2. The molecule has 0 unspecified atom stereocenters. The number of nitrogens with one attached hydrogen (secondary N) is 2. The number of imidazole rings is 1. The highest BCUT2D eigenvalue weighted by molar-refractivity contribution is 8.00. The minimum Gasteiger partial charge on any atom is -0.355 e. The standard InChI is InChI=1S/C21H24N4OS/c26-20(14-27-17-9-11-22-12-10-17)23-13-15-5-7-16(8-6-15)21-24-18-3-1-2-4-19(18)25-21/h1-4,9-12,15-16H,5-8,13-14H2,(H,23,26)(H,24,25). The molecule has 5 nitrogen and oxygen atoms in total. The molecule has 3 aromatic rings. The molecular weight excluding hydrogens is 356 g/mol. The summed E-state index contributed by atoms with van der Waals surface area (Å²) in [5.41, 5.74) is 2.17. The van der Waals surface area contributed by atoms with E-state index in [-0.39, 0.29) is 5.91 Å². The van der Waals surface area contributed by atoms with Crippen molar-refractivity contribution in [1.29, 1.82) is 0 Å². The minimum absolute atomic E-state index is 0.108. The van der Waals surface area contributed by atoms with Crippen molar-refractivity contribution < 1.29 is 4.79 Å². The fourth-order valence-corrected chi connectivity index (χ4v) is 4.41. The van der Waals surface area contributed by atoms with Crippen LogP contribution in [0.15, 0.2) is 53.7 Å². The number of carbonyl (C=O) groups excluding carboxylic acids is 1. The number of para-hydroxylation sites is 2. The molecule has 0 aliphatic heterocycles. The van der Waals surface area contributed by atoms with Crippen LogP contribution >= 0.6 is 11.8 Å². The highest BCUT2D eigenvalue weighted by atomic mass is 32.2. The van der Waals surface area contributed by atoms with Crippen LogP contribution in [0.3, 0.4) is 0 Å². The molecule has 2 aromatic heterocycles. The van der Waals surface area contributed by atoms with Crippen LogP contribution in [0.2, 0.25) is 0 Å². The van der Waals surface area contributed by atoms with Gasteiger partial charge in [0.15, 0.2) is 0 Å². The Balaban J connectivity index is 1.20. The molecule has 27 heavy (non-hydrogen) atoms. The molecule has 0 atom stereocenters. The van der Waals surface area contributed by atoms with Gasteiger partial charge in [-0.15, -0.1) is 11.8 Å². The lowest BCUT2D eigenvalue weighted by molar-refractivity contribution is -0.118. The Kier molecular flexibility index (Phi) is 5.72. The van der Waals surface area contributed by atoms with Gasteiger partial charge in [-0.25, -0.2) is 4.98 Å². The second-order valence-electron chi connectivity index (χ2n) is 7.13.